The van der Waals surface area contributed by atoms with E-state index in [2.05, 4.69) is 15.0 Å². The first-order valence-corrected chi connectivity index (χ1v) is 6.70. The van der Waals surface area contributed by atoms with E-state index in [0.29, 0.717) is 6.04 Å². The van der Waals surface area contributed by atoms with Gasteiger partial charge in [-0.15, -0.1) is 11.3 Å². The van der Waals surface area contributed by atoms with Gasteiger partial charge in [0.15, 0.2) is 5.13 Å². The summed E-state index contributed by atoms with van der Waals surface area (Å²) in [6, 6.07) is 6.77. The van der Waals surface area contributed by atoms with Gasteiger partial charge < -0.3 is 10.1 Å². The second-order valence-electron chi connectivity index (χ2n) is 4.24. The zero-order chi connectivity index (χ0) is 13.8. The summed E-state index contributed by atoms with van der Waals surface area (Å²) in [5.74, 6) is 0.148. The zero-order valence-electron chi connectivity index (χ0n) is 10.6. The van der Waals surface area contributed by atoms with Crippen LogP contribution in [0.2, 0.25) is 0 Å². The number of ether oxygens (including phenoxy) is 1. The maximum Gasteiger partial charge on any atom is 0.387 e. The first-order chi connectivity index (χ1) is 9.04. The molecule has 0 atom stereocenters. The van der Waals surface area contributed by atoms with Crippen LogP contribution in [0.15, 0.2) is 29.6 Å². The van der Waals surface area contributed by atoms with Gasteiger partial charge in [-0.2, -0.15) is 8.78 Å². The number of nitrogens with zero attached hydrogens (tertiary/aromatic N) is 1. The lowest BCUT2D eigenvalue weighted by Gasteiger charge is -2.05. The number of thiazole rings is 1. The van der Waals surface area contributed by atoms with Crippen molar-refractivity contribution in [3.63, 3.8) is 0 Å². The number of anilines is 1. The summed E-state index contributed by atoms with van der Waals surface area (Å²) in [4.78, 5) is 4.43. The van der Waals surface area contributed by atoms with Gasteiger partial charge in [0, 0.05) is 17.0 Å². The lowest BCUT2D eigenvalue weighted by atomic mass is 10.2. The number of nitrogens with one attached hydrogen (secondary N) is 1. The standard InChI is InChI=1S/C13H14F2N2OS/c1-8(2)16-13-17-11(7-19-13)9-3-5-10(6-4-9)18-12(14)15/h3-8,12H,1-2H3,(H,16,17). The molecule has 0 fully saturated rings. The minimum absolute atomic E-state index is 0.148. The minimum atomic E-state index is -2.80. The highest BCUT2D eigenvalue weighted by atomic mass is 32.1. The number of alkyl halides is 2. The van der Waals surface area contributed by atoms with E-state index >= 15 is 0 Å². The Balaban J connectivity index is 2.11. The largest absolute Gasteiger partial charge is 0.435 e. The fourth-order valence-corrected chi connectivity index (χ4v) is 2.39. The van der Waals surface area contributed by atoms with E-state index in [1.165, 1.54) is 23.5 Å². The van der Waals surface area contributed by atoms with Crippen LogP contribution in [0.3, 0.4) is 0 Å². The summed E-state index contributed by atoms with van der Waals surface area (Å²) in [7, 11) is 0. The lowest BCUT2D eigenvalue weighted by Crippen LogP contribution is -2.08. The third-order valence-electron chi connectivity index (χ3n) is 2.29. The summed E-state index contributed by atoms with van der Waals surface area (Å²) in [5.41, 5.74) is 1.69. The molecule has 0 saturated heterocycles. The van der Waals surface area contributed by atoms with Gasteiger partial charge in [0.05, 0.1) is 5.69 Å². The van der Waals surface area contributed by atoms with Gasteiger partial charge in [0.1, 0.15) is 5.75 Å². The Hall–Kier alpha value is -1.69. The first kappa shape index (κ1) is 13.7. The van der Waals surface area contributed by atoms with Crippen LogP contribution < -0.4 is 10.1 Å². The highest BCUT2D eigenvalue weighted by Gasteiger charge is 2.07. The number of hydrogen-bond donors (Lipinski definition) is 1. The molecule has 19 heavy (non-hydrogen) atoms. The maximum atomic E-state index is 12.0. The summed E-state index contributed by atoms with van der Waals surface area (Å²) >= 11 is 1.51. The third kappa shape index (κ3) is 3.89. The second kappa shape index (κ2) is 5.97. The molecule has 0 amide bonds. The predicted molar refractivity (Wildman–Crippen MR) is 72.9 cm³/mol. The molecule has 0 spiro atoms. The topological polar surface area (TPSA) is 34.2 Å². The van der Waals surface area contributed by atoms with Crippen LogP contribution in [0.25, 0.3) is 11.3 Å². The van der Waals surface area contributed by atoms with Crippen molar-refractivity contribution in [3.8, 4) is 17.0 Å². The fraction of sp³-hybridized carbons (Fsp3) is 0.308. The van der Waals surface area contributed by atoms with E-state index in [1.54, 1.807) is 12.1 Å². The number of aromatic nitrogens is 1. The van der Waals surface area contributed by atoms with Crippen molar-refractivity contribution in [2.45, 2.75) is 26.5 Å². The minimum Gasteiger partial charge on any atom is -0.435 e. The SMILES string of the molecule is CC(C)Nc1nc(-c2ccc(OC(F)F)cc2)cs1. The molecule has 0 saturated carbocycles. The molecule has 1 aromatic heterocycles. The van der Waals surface area contributed by atoms with Crippen molar-refractivity contribution in [1.82, 2.24) is 4.98 Å². The van der Waals surface area contributed by atoms with Crippen LogP contribution in [0.4, 0.5) is 13.9 Å². The van der Waals surface area contributed by atoms with Crippen molar-refractivity contribution in [1.29, 1.82) is 0 Å². The van der Waals surface area contributed by atoms with Crippen LogP contribution in [-0.4, -0.2) is 17.6 Å². The zero-order valence-corrected chi connectivity index (χ0v) is 11.4. The molecule has 1 aromatic carbocycles. The van der Waals surface area contributed by atoms with Gasteiger partial charge in [0.2, 0.25) is 0 Å². The third-order valence-corrected chi connectivity index (χ3v) is 3.07. The van der Waals surface area contributed by atoms with Crippen molar-refractivity contribution < 1.29 is 13.5 Å². The highest BCUT2D eigenvalue weighted by Crippen LogP contribution is 2.27. The second-order valence-corrected chi connectivity index (χ2v) is 5.10. The van der Waals surface area contributed by atoms with E-state index < -0.39 is 6.61 Å². The summed E-state index contributed by atoms with van der Waals surface area (Å²) in [5, 5.41) is 5.99. The Morgan fingerprint density at radius 3 is 2.47 bits per heavy atom. The normalized spacial score (nSPS) is 11.1. The van der Waals surface area contributed by atoms with Gasteiger partial charge in [-0.1, -0.05) is 0 Å². The maximum absolute atomic E-state index is 12.0. The average molecular weight is 284 g/mol. The van der Waals surface area contributed by atoms with E-state index in [4.69, 9.17) is 0 Å². The predicted octanol–water partition coefficient (Wildman–Crippen LogP) is 4.23. The van der Waals surface area contributed by atoms with Gasteiger partial charge in [-0.05, 0) is 38.1 Å². The summed E-state index contributed by atoms with van der Waals surface area (Å²) in [6.07, 6.45) is 0. The molecule has 6 heteroatoms. The van der Waals surface area contributed by atoms with Crippen molar-refractivity contribution in [2.75, 3.05) is 5.32 Å². The molecule has 0 aliphatic rings. The van der Waals surface area contributed by atoms with Crippen LogP contribution in [0.1, 0.15) is 13.8 Å². The van der Waals surface area contributed by atoms with Gasteiger partial charge in [-0.25, -0.2) is 4.98 Å². The highest BCUT2D eigenvalue weighted by molar-refractivity contribution is 7.14. The molecular weight excluding hydrogens is 270 g/mol. The van der Waals surface area contributed by atoms with Gasteiger partial charge >= 0.3 is 6.61 Å². The van der Waals surface area contributed by atoms with Gasteiger partial charge in [-0.3, -0.25) is 0 Å². The quantitative estimate of drug-likeness (QED) is 0.892. The van der Waals surface area contributed by atoms with Crippen LogP contribution in [-0.2, 0) is 0 Å². The number of halogens is 2. The number of benzene rings is 1. The molecule has 0 bridgehead atoms. The Labute approximate surface area is 114 Å². The molecular formula is C13H14F2N2OS. The number of rotatable bonds is 5. The van der Waals surface area contributed by atoms with Crippen molar-refractivity contribution >= 4 is 16.5 Å². The Morgan fingerprint density at radius 1 is 1.21 bits per heavy atom. The van der Waals surface area contributed by atoms with E-state index in [9.17, 15) is 8.78 Å². The summed E-state index contributed by atoms with van der Waals surface area (Å²) in [6.45, 7) is 1.28. The van der Waals surface area contributed by atoms with Crippen LogP contribution in [0.5, 0.6) is 5.75 Å². The molecule has 1 N–H and O–H groups in total. The molecule has 3 nitrogen and oxygen atoms in total. The Morgan fingerprint density at radius 2 is 1.89 bits per heavy atom. The smallest absolute Gasteiger partial charge is 0.387 e. The van der Waals surface area contributed by atoms with E-state index in [-0.39, 0.29) is 5.75 Å². The number of hydrogen-bond acceptors (Lipinski definition) is 4. The molecule has 0 aliphatic heterocycles. The molecule has 0 aliphatic carbocycles. The fourth-order valence-electron chi connectivity index (χ4n) is 1.53. The lowest BCUT2D eigenvalue weighted by molar-refractivity contribution is -0.0498. The van der Waals surface area contributed by atoms with Crippen LogP contribution >= 0.6 is 11.3 Å². The van der Waals surface area contributed by atoms with Gasteiger partial charge in [0.25, 0.3) is 0 Å². The van der Waals surface area contributed by atoms with E-state index in [1.807, 2.05) is 19.2 Å². The van der Waals surface area contributed by atoms with Crippen molar-refractivity contribution in [2.24, 2.45) is 0 Å². The molecule has 2 aromatic rings. The first-order valence-electron chi connectivity index (χ1n) is 5.82. The molecule has 0 radical (unpaired) electrons. The van der Waals surface area contributed by atoms with Crippen LogP contribution in [0, 0.1) is 0 Å². The molecule has 2 rings (SSSR count). The Kier molecular flexibility index (Phi) is 4.31. The molecule has 1 heterocycles. The monoisotopic (exact) mass is 284 g/mol. The van der Waals surface area contributed by atoms with E-state index in [0.717, 1.165) is 16.4 Å². The molecule has 0 unspecified atom stereocenters. The Bertz CT molecular complexity index is 526. The average Bonchev–Trinajstić information content (AvgIpc) is 2.76. The molecule has 102 valence electrons. The van der Waals surface area contributed by atoms with Crippen molar-refractivity contribution in [3.05, 3.63) is 29.6 Å². The summed E-state index contributed by atoms with van der Waals surface area (Å²) < 4.78 is 28.4.